The van der Waals surface area contributed by atoms with Crippen molar-refractivity contribution >= 4 is 15.7 Å². The maximum absolute atomic E-state index is 13.7. The van der Waals surface area contributed by atoms with Crippen LogP contribution in [0.15, 0.2) is 18.2 Å². The van der Waals surface area contributed by atoms with E-state index in [9.17, 15) is 12.8 Å². The summed E-state index contributed by atoms with van der Waals surface area (Å²) in [5.41, 5.74) is 0.352. The van der Waals surface area contributed by atoms with Crippen LogP contribution in [0.3, 0.4) is 0 Å². The van der Waals surface area contributed by atoms with E-state index in [4.69, 9.17) is 5.11 Å². The number of nitrogens with one attached hydrogen (secondary N) is 1. The Morgan fingerprint density at radius 2 is 2.16 bits per heavy atom. The molecule has 0 atom stereocenters. The molecule has 1 aromatic rings. The van der Waals surface area contributed by atoms with Gasteiger partial charge in [0, 0.05) is 12.0 Å². The summed E-state index contributed by atoms with van der Waals surface area (Å²) in [5.74, 6) is 4.61. The zero-order valence-electron chi connectivity index (χ0n) is 10.6. The molecule has 0 saturated heterocycles. The van der Waals surface area contributed by atoms with Gasteiger partial charge >= 0.3 is 0 Å². The van der Waals surface area contributed by atoms with Crippen molar-refractivity contribution < 1.29 is 17.9 Å². The zero-order chi connectivity index (χ0) is 14.3. The molecule has 0 aliphatic rings. The van der Waals surface area contributed by atoms with Gasteiger partial charge in [0.15, 0.2) is 0 Å². The Morgan fingerprint density at radius 1 is 1.42 bits per heavy atom. The Kier molecular flexibility index (Phi) is 5.80. The molecule has 0 radical (unpaired) electrons. The molecule has 0 heterocycles. The van der Waals surface area contributed by atoms with E-state index in [0.29, 0.717) is 18.4 Å². The van der Waals surface area contributed by atoms with Gasteiger partial charge in [0.05, 0.1) is 18.0 Å². The maximum Gasteiger partial charge on any atom is 0.232 e. The van der Waals surface area contributed by atoms with Crippen LogP contribution in [0.2, 0.25) is 0 Å². The highest BCUT2D eigenvalue weighted by Crippen LogP contribution is 2.17. The molecule has 19 heavy (non-hydrogen) atoms. The minimum Gasteiger partial charge on any atom is -0.395 e. The lowest BCUT2D eigenvalue weighted by molar-refractivity contribution is 0.305. The molecule has 6 heteroatoms. The van der Waals surface area contributed by atoms with Crippen LogP contribution >= 0.6 is 0 Å². The summed E-state index contributed by atoms with van der Waals surface area (Å²) < 4.78 is 38.9. The Labute approximate surface area is 112 Å². The van der Waals surface area contributed by atoms with Crippen molar-refractivity contribution in [1.29, 1.82) is 0 Å². The Bertz CT molecular complexity index is 588. The van der Waals surface area contributed by atoms with Crippen molar-refractivity contribution in [2.45, 2.75) is 19.8 Å². The molecule has 0 saturated carbocycles. The van der Waals surface area contributed by atoms with Crippen molar-refractivity contribution in [2.24, 2.45) is 0 Å². The predicted octanol–water partition coefficient (Wildman–Crippen LogP) is 1.71. The molecule has 1 rings (SSSR count). The molecule has 0 bridgehead atoms. The van der Waals surface area contributed by atoms with Crippen LogP contribution in [0.25, 0.3) is 0 Å². The van der Waals surface area contributed by atoms with E-state index in [1.54, 1.807) is 6.92 Å². The monoisotopic (exact) mass is 285 g/mol. The number of aliphatic hydroxyl groups is 1. The van der Waals surface area contributed by atoms with Crippen LogP contribution in [-0.2, 0) is 10.0 Å². The first-order valence-electron chi connectivity index (χ1n) is 5.88. The van der Waals surface area contributed by atoms with Crippen molar-refractivity contribution in [3.05, 3.63) is 29.6 Å². The molecule has 0 aliphatic carbocycles. The second-order valence-corrected chi connectivity index (χ2v) is 5.73. The van der Waals surface area contributed by atoms with Gasteiger partial charge in [-0.2, -0.15) is 0 Å². The number of rotatable bonds is 5. The first-order valence-corrected chi connectivity index (χ1v) is 7.53. The molecule has 1 aromatic carbocycles. The molecule has 104 valence electrons. The van der Waals surface area contributed by atoms with Crippen LogP contribution in [0.5, 0.6) is 0 Å². The van der Waals surface area contributed by atoms with E-state index >= 15 is 0 Å². The van der Waals surface area contributed by atoms with Crippen molar-refractivity contribution in [3.8, 4) is 11.8 Å². The molecule has 0 fully saturated rings. The smallest absolute Gasteiger partial charge is 0.232 e. The lowest BCUT2D eigenvalue weighted by atomic mass is 10.2. The predicted molar refractivity (Wildman–Crippen MR) is 72.7 cm³/mol. The molecule has 0 amide bonds. The standard InChI is InChI=1S/C13H16FNO3S/c1-2-9-19(17,18)15-13-7-6-11(10-12(13)14)5-3-4-8-16/h6-7,10,15-16H,2,4,8-9H2,1H3. The van der Waals surface area contributed by atoms with Crippen LogP contribution in [0.1, 0.15) is 25.3 Å². The van der Waals surface area contributed by atoms with Crippen LogP contribution < -0.4 is 4.72 Å². The maximum atomic E-state index is 13.7. The van der Waals surface area contributed by atoms with E-state index in [1.807, 2.05) is 0 Å². The second kappa shape index (κ2) is 7.12. The molecule has 0 aromatic heterocycles. The van der Waals surface area contributed by atoms with E-state index in [-0.39, 0.29) is 18.0 Å². The Morgan fingerprint density at radius 3 is 2.74 bits per heavy atom. The summed E-state index contributed by atoms with van der Waals surface area (Å²) in [6, 6.07) is 4.02. The van der Waals surface area contributed by atoms with Crippen LogP contribution in [0.4, 0.5) is 10.1 Å². The highest BCUT2D eigenvalue weighted by molar-refractivity contribution is 7.92. The number of benzene rings is 1. The van der Waals surface area contributed by atoms with Crippen molar-refractivity contribution in [1.82, 2.24) is 0 Å². The largest absolute Gasteiger partial charge is 0.395 e. The summed E-state index contributed by atoms with van der Waals surface area (Å²) in [6.45, 7) is 1.68. The molecule has 0 aliphatic heterocycles. The average Bonchev–Trinajstić information content (AvgIpc) is 2.32. The van der Waals surface area contributed by atoms with Crippen LogP contribution in [-0.4, -0.2) is 25.9 Å². The van der Waals surface area contributed by atoms with Gasteiger partial charge in [-0.1, -0.05) is 18.8 Å². The number of sulfonamides is 1. The van der Waals surface area contributed by atoms with Crippen molar-refractivity contribution in [2.75, 3.05) is 17.1 Å². The van der Waals surface area contributed by atoms with Gasteiger partial charge in [-0.25, -0.2) is 12.8 Å². The molecule has 4 nitrogen and oxygen atoms in total. The van der Waals surface area contributed by atoms with E-state index < -0.39 is 15.8 Å². The van der Waals surface area contributed by atoms with Gasteiger partial charge in [0.25, 0.3) is 0 Å². The third kappa shape index (κ3) is 5.28. The number of halogens is 1. The molecule has 2 N–H and O–H groups in total. The van der Waals surface area contributed by atoms with Crippen LogP contribution in [0, 0.1) is 17.7 Å². The van der Waals surface area contributed by atoms with Gasteiger partial charge in [-0.05, 0) is 24.6 Å². The SMILES string of the molecule is CCCS(=O)(=O)Nc1ccc(C#CCCO)cc1F. The summed E-state index contributed by atoms with van der Waals surface area (Å²) in [6.07, 6.45) is 0.772. The Balaban J connectivity index is 2.87. The quantitative estimate of drug-likeness (QED) is 0.809. The molecular formula is C13H16FNO3S. The first kappa shape index (κ1) is 15.5. The van der Waals surface area contributed by atoms with Crippen molar-refractivity contribution in [3.63, 3.8) is 0 Å². The normalized spacial score (nSPS) is 10.7. The van der Waals surface area contributed by atoms with Gasteiger partial charge in [0.1, 0.15) is 5.82 Å². The lowest BCUT2D eigenvalue weighted by Crippen LogP contribution is -2.16. The third-order valence-corrected chi connectivity index (χ3v) is 3.65. The lowest BCUT2D eigenvalue weighted by Gasteiger charge is -2.08. The zero-order valence-corrected chi connectivity index (χ0v) is 11.4. The highest BCUT2D eigenvalue weighted by atomic mass is 32.2. The second-order valence-electron chi connectivity index (χ2n) is 3.89. The van der Waals surface area contributed by atoms with E-state index in [0.717, 1.165) is 6.07 Å². The number of anilines is 1. The number of hydrogen-bond acceptors (Lipinski definition) is 3. The fraction of sp³-hybridized carbons (Fsp3) is 0.385. The van der Waals surface area contributed by atoms with Gasteiger partial charge in [-0.3, -0.25) is 4.72 Å². The molecule has 0 spiro atoms. The average molecular weight is 285 g/mol. The topological polar surface area (TPSA) is 66.4 Å². The highest BCUT2D eigenvalue weighted by Gasteiger charge is 2.11. The molecular weight excluding hydrogens is 269 g/mol. The summed E-state index contributed by atoms with van der Waals surface area (Å²) in [5, 5.41) is 8.57. The minimum absolute atomic E-state index is 0.0511. The van der Waals surface area contributed by atoms with E-state index in [1.165, 1.54) is 12.1 Å². The number of aliphatic hydroxyl groups excluding tert-OH is 1. The van der Waals surface area contributed by atoms with Gasteiger partial charge in [0.2, 0.25) is 10.0 Å². The van der Waals surface area contributed by atoms with E-state index in [2.05, 4.69) is 16.6 Å². The fourth-order valence-corrected chi connectivity index (χ4v) is 2.52. The fourth-order valence-electron chi connectivity index (χ4n) is 1.38. The van der Waals surface area contributed by atoms with Gasteiger partial charge in [-0.15, -0.1) is 0 Å². The number of hydrogen-bond donors (Lipinski definition) is 2. The summed E-state index contributed by atoms with van der Waals surface area (Å²) in [4.78, 5) is 0. The summed E-state index contributed by atoms with van der Waals surface area (Å²) in [7, 11) is -3.50. The first-order chi connectivity index (χ1) is 8.98. The Hall–Kier alpha value is -1.58. The summed E-state index contributed by atoms with van der Waals surface area (Å²) >= 11 is 0. The molecule has 0 unspecified atom stereocenters. The third-order valence-electron chi connectivity index (χ3n) is 2.18. The van der Waals surface area contributed by atoms with Gasteiger partial charge < -0.3 is 5.11 Å². The minimum atomic E-state index is -3.50.